The van der Waals surface area contributed by atoms with E-state index in [1.54, 1.807) is 6.07 Å². The van der Waals surface area contributed by atoms with E-state index in [1.807, 2.05) is 0 Å². The van der Waals surface area contributed by atoms with Gasteiger partial charge in [0.25, 0.3) is 0 Å². The van der Waals surface area contributed by atoms with E-state index in [-0.39, 0.29) is 23.2 Å². The Kier molecular flexibility index (Phi) is 5.71. The van der Waals surface area contributed by atoms with Crippen molar-refractivity contribution >= 4 is 38.9 Å². The van der Waals surface area contributed by atoms with E-state index in [0.717, 1.165) is 6.42 Å². The fourth-order valence-corrected chi connectivity index (χ4v) is 4.26. The van der Waals surface area contributed by atoms with Crippen molar-refractivity contribution in [1.82, 2.24) is 4.90 Å². The Morgan fingerprint density at radius 2 is 2.00 bits per heavy atom. The number of rotatable bonds is 6. The van der Waals surface area contributed by atoms with Crippen molar-refractivity contribution in [2.24, 2.45) is 0 Å². The Morgan fingerprint density at radius 1 is 1.27 bits per heavy atom. The molecule has 1 aliphatic heterocycles. The van der Waals surface area contributed by atoms with Gasteiger partial charge in [-0.25, -0.2) is 8.42 Å². The molecule has 0 bridgehead atoms. The second kappa shape index (κ2) is 7.17. The lowest BCUT2D eigenvalue weighted by atomic mass is 10.2. The van der Waals surface area contributed by atoms with E-state index in [1.165, 1.54) is 17.0 Å². The van der Waals surface area contributed by atoms with Crippen LogP contribution in [0.5, 0.6) is 0 Å². The van der Waals surface area contributed by atoms with Gasteiger partial charge in [0.05, 0.1) is 27.7 Å². The molecule has 122 valence electrons. The highest BCUT2D eigenvalue weighted by Gasteiger charge is 2.25. The predicted octanol–water partition coefficient (Wildman–Crippen LogP) is 1.89. The van der Waals surface area contributed by atoms with Crippen LogP contribution in [0.25, 0.3) is 0 Å². The van der Waals surface area contributed by atoms with Crippen molar-refractivity contribution < 1.29 is 18.3 Å². The van der Waals surface area contributed by atoms with Crippen molar-refractivity contribution in [1.29, 1.82) is 0 Å². The number of β-amino-alcohol motifs (C(OH)–C–C–N with tert-alkyl or cyclic N) is 1. The first-order valence-corrected chi connectivity index (χ1v) is 9.45. The molecule has 0 aliphatic carbocycles. The Balaban J connectivity index is 1.95. The normalized spacial score (nSPS) is 17.0. The molecule has 1 saturated heterocycles. The number of aliphatic hydroxyl groups is 1. The molecular weight excluding hydrogens is 349 g/mol. The van der Waals surface area contributed by atoms with Crippen molar-refractivity contribution in [3.63, 3.8) is 0 Å². The van der Waals surface area contributed by atoms with Crippen LogP contribution in [0.2, 0.25) is 10.0 Å². The van der Waals surface area contributed by atoms with E-state index < -0.39 is 21.7 Å². The van der Waals surface area contributed by atoms with Gasteiger partial charge in [-0.2, -0.15) is 0 Å². The average molecular weight is 366 g/mol. The molecule has 1 amide bonds. The van der Waals surface area contributed by atoms with E-state index in [9.17, 15) is 18.3 Å². The smallest absolute Gasteiger partial charge is 0.222 e. The molecule has 1 heterocycles. The molecule has 1 fully saturated rings. The zero-order chi connectivity index (χ0) is 16.3. The van der Waals surface area contributed by atoms with Crippen molar-refractivity contribution in [2.45, 2.75) is 24.7 Å². The second-order valence-electron chi connectivity index (χ2n) is 5.40. The standard InChI is InChI=1S/C14H17Cl2NO4S/c15-12-4-3-10(6-13(12)16)8-22(20,21)9-11(18)7-17-5-1-2-14(17)19/h3-4,6,11,18H,1-2,5,7-9H2. The minimum absolute atomic E-state index is 0.0408. The Labute approximate surface area is 139 Å². The van der Waals surface area contributed by atoms with Gasteiger partial charge in [0, 0.05) is 19.5 Å². The highest BCUT2D eigenvalue weighted by atomic mass is 35.5. The molecule has 8 heteroatoms. The number of likely N-dealkylation sites (tertiary alicyclic amines) is 1. The molecular formula is C14H17Cl2NO4S. The summed E-state index contributed by atoms with van der Waals surface area (Å²) < 4.78 is 24.2. The van der Waals surface area contributed by atoms with Gasteiger partial charge in [0.15, 0.2) is 9.84 Å². The highest BCUT2D eigenvalue weighted by molar-refractivity contribution is 7.90. The third-order valence-electron chi connectivity index (χ3n) is 3.42. The van der Waals surface area contributed by atoms with Crippen LogP contribution in [0.15, 0.2) is 18.2 Å². The molecule has 2 rings (SSSR count). The van der Waals surface area contributed by atoms with Gasteiger partial charge in [-0.1, -0.05) is 29.3 Å². The summed E-state index contributed by atoms with van der Waals surface area (Å²) in [5, 5.41) is 10.6. The van der Waals surface area contributed by atoms with Crippen molar-refractivity contribution in [2.75, 3.05) is 18.8 Å². The minimum Gasteiger partial charge on any atom is -0.390 e. The van der Waals surface area contributed by atoms with Gasteiger partial charge in [0.2, 0.25) is 5.91 Å². The number of carbonyl (C=O) groups excluding carboxylic acids is 1. The zero-order valence-electron chi connectivity index (χ0n) is 11.8. The molecule has 22 heavy (non-hydrogen) atoms. The van der Waals surface area contributed by atoms with E-state index in [0.29, 0.717) is 23.6 Å². The number of sulfone groups is 1. The summed E-state index contributed by atoms with van der Waals surface area (Å²) in [5.41, 5.74) is 0.513. The van der Waals surface area contributed by atoms with E-state index in [2.05, 4.69) is 0 Å². The number of nitrogens with zero attached hydrogens (tertiary/aromatic N) is 1. The van der Waals surface area contributed by atoms with Crippen LogP contribution in [0.1, 0.15) is 18.4 Å². The molecule has 1 aromatic carbocycles. The fourth-order valence-electron chi connectivity index (χ4n) is 2.44. The number of hydrogen-bond acceptors (Lipinski definition) is 4. The first kappa shape index (κ1) is 17.5. The minimum atomic E-state index is -3.51. The maximum atomic E-state index is 12.1. The number of hydrogen-bond donors (Lipinski definition) is 1. The molecule has 0 aromatic heterocycles. The van der Waals surface area contributed by atoms with Crippen LogP contribution in [0.3, 0.4) is 0 Å². The zero-order valence-corrected chi connectivity index (χ0v) is 14.2. The third-order valence-corrected chi connectivity index (χ3v) is 5.82. The number of aliphatic hydroxyl groups excluding tert-OH is 1. The second-order valence-corrected chi connectivity index (χ2v) is 8.32. The molecule has 0 spiro atoms. The topological polar surface area (TPSA) is 74.7 Å². The largest absolute Gasteiger partial charge is 0.390 e. The lowest BCUT2D eigenvalue weighted by molar-refractivity contribution is -0.128. The highest BCUT2D eigenvalue weighted by Crippen LogP contribution is 2.23. The van der Waals surface area contributed by atoms with Gasteiger partial charge >= 0.3 is 0 Å². The van der Waals surface area contributed by atoms with E-state index >= 15 is 0 Å². The van der Waals surface area contributed by atoms with Crippen LogP contribution in [0, 0.1) is 0 Å². The predicted molar refractivity (Wildman–Crippen MR) is 85.8 cm³/mol. The fraction of sp³-hybridized carbons (Fsp3) is 0.500. The Morgan fingerprint density at radius 3 is 2.59 bits per heavy atom. The first-order valence-electron chi connectivity index (χ1n) is 6.87. The van der Waals surface area contributed by atoms with Crippen molar-refractivity contribution in [3.05, 3.63) is 33.8 Å². The van der Waals surface area contributed by atoms with Crippen LogP contribution < -0.4 is 0 Å². The lowest BCUT2D eigenvalue weighted by Gasteiger charge is -2.19. The number of halogens is 2. The molecule has 5 nitrogen and oxygen atoms in total. The van der Waals surface area contributed by atoms with Crippen LogP contribution in [0.4, 0.5) is 0 Å². The Hall–Kier alpha value is -0.820. The van der Waals surface area contributed by atoms with Crippen LogP contribution in [-0.4, -0.2) is 49.3 Å². The molecule has 0 radical (unpaired) electrons. The third kappa shape index (κ3) is 4.84. The molecule has 1 unspecified atom stereocenters. The molecule has 0 saturated carbocycles. The van der Waals surface area contributed by atoms with Crippen molar-refractivity contribution in [3.8, 4) is 0 Å². The van der Waals surface area contributed by atoms with Gasteiger partial charge in [0.1, 0.15) is 0 Å². The quantitative estimate of drug-likeness (QED) is 0.835. The summed E-state index contributed by atoms with van der Waals surface area (Å²) in [6.07, 6.45) is 0.124. The number of carbonyl (C=O) groups is 1. The first-order chi connectivity index (χ1) is 10.3. The molecule has 1 N–H and O–H groups in total. The molecule has 1 atom stereocenters. The monoisotopic (exact) mass is 365 g/mol. The van der Waals surface area contributed by atoms with Gasteiger partial charge in [-0.15, -0.1) is 0 Å². The summed E-state index contributed by atoms with van der Waals surface area (Å²) in [5.74, 6) is -0.660. The number of benzene rings is 1. The molecule has 1 aromatic rings. The van der Waals surface area contributed by atoms with Crippen LogP contribution >= 0.6 is 23.2 Å². The maximum absolute atomic E-state index is 12.1. The summed E-state index contributed by atoms with van der Waals surface area (Å²) in [6, 6.07) is 4.62. The lowest BCUT2D eigenvalue weighted by Crippen LogP contribution is -2.37. The van der Waals surface area contributed by atoms with Gasteiger partial charge in [-0.05, 0) is 24.1 Å². The Bertz CT molecular complexity index is 663. The summed E-state index contributed by atoms with van der Waals surface area (Å²) in [4.78, 5) is 13.0. The summed E-state index contributed by atoms with van der Waals surface area (Å²) in [7, 11) is -3.51. The van der Waals surface area contributed by atoms with Gasteiger partial charge in [-0.3, -0.25) is 4.79 Å². The summed E-state index contributed by atoms with van der Waals surface area (Å²) >= 11 is 11.6. The van der Waals surface area contributed by atoms with Crippen LogP contribution in [-0.2, 0) is 20.4 Å². The average Bonchev–Trinajstić information content (AvgIpc) is 2.78. The number of amides is 1. The summed E-state index contributed by atoms with van der Waals surface area (Å²) in [6.45, 7) is 0.627. The maximum Gasteiger partial charge on any atom is 0.222 e. The van der Waals surface area contributed by atoms with E-state index in [4.69, 9.17) is 23.2 Å². The SMILES string of the molecule is O=C1CCCN1CC(O)CS(=O)(=O)Cc1ccc(Cl)c(Cl)c1. The van der Waals surface area contributed by atoms with Gasteiger partial charge < -0.3 is 10.0 Å². The molecule has 1 aliphatic rings.